The largest absolute Gasteiger partial charge is 0.478 e. The molecule has 1 aliphatic rings. The zero-order valence-electron chi connectivity index (χ0n) is 11.9. The SMILES string of the molecule is CCN(c1cc(C)nc(C)c1C(=O)O)C1CCCC1. The fourth-order valence-electron chi connectivity index (χ4n) is 3.14. The number of hydrogen-bond donors (Lipinski definition) is 1. The van der Waals surface area contributed by atoms with Crippen molar-refractivity contribution in [2.45, 2.75) is 52.5 Å². The fraction of sp³-hybridized carbons (Fsp3) is 0.600. The van der Waals surface area contributed by atoms with E-state index >= 15 is 0 Å². The second-order valence-electron chi connectivity index (χ2n) is 5.27. The Balaban J connectivity index is 2.48. The number of carbonyl (C=O) groups is 1. The molecule has 1 N–H and O–H groups in total. The van der Waals surface area contributed by atoms with Gasteiger partial charge in [-0.2, -0.15) is 0 Å². The molecular weight excluding hydrogens is 240 g/mol. The Morgan fingerprint density at radius 3 is 2.58 bits per heavy atom. The van der Waals surface area contributed by atoms with Gasteiger partial charge in [0.25, 0.3) is 0 Å². The maximum absolute atomic E-state index is 11.5. The summed E-state index contributed by atoms with van der Waals surface area (Å²) in [5, 5.41) is 9.46. The summed E-state index contributed by atoms with van der Waals surface area (Å²) in [6, 6.07) is 2.39. The number of pyridine rings is 1. The van der Waals surface area contributed by atoms with Crippen molar-refractivity contribution in [3.05, 3.63) is 23.0 Å². The van der Waals surface area contributed by atoms with E-state index in [1.54, 1.807) is 6.92 Å². The number of aromatic nitrogens is 1. The van der Waals surface area contributed by atoms with Crippen LogP contribution in [0.4, 0.5) is 5.69 Å². The number of carboxylic acid groups (broad SMARTS) is 1. The number of anilines is 1. The summed E-state index contributed by atoms with van der Waals surface area (Å²) in [7, 11) is 0. The zero-order valence-corrected chi connectivity index (χ0v) is 11.9. The molecule has 0 amide bonds. The van der Waals surface area contributed by atoms with Crippen molar-refractivity contribution >= 4 is 11.7 Å². The summed E-state index contributed by atoms with van der Waals surface area (Å²) < 4.78 is 0. The third kappa shape index (κ3) is 2.72. The Hall–Kier alpha value is -1.58. The van der Waals surface area contributed by atoms with Crippen molar-refractivity contribution in [1.29, 1.82) is 0 Å². The van der Waals surface area contributed by atoms with Crippen molar-refractivity contribution < 1.29 is 9.90 Å². The van der Waals surface area contributed by atoms with Crippen molar-refractivity contribution in [2.75, 3.05) is 11.4 Å². The van der Waals surface area contributed by atoms with E-state index in [0.29, 0.717) is 17.3 Å². The summed E-state index contributed by atoms with van der Waals surface area (Å²) in [4.78, 5) is 18.1. The van der Waals surface area contributed by atoms with Gasteiger partial charge < -0.3 is 10.0 Å². The number of hydrogen-bond acceptors (Lipinski definition) is 3. The lowest BCUT2D eigenvalue weighted by Gasteiger charge is -2.31. The Morgan fingerprint density at radius 2 is 2.05 bits per heavy atom. The molecule has 1 saturated carbocycles. The lowest BCUT2D eigenvalue weighted by Crippen LogP contribution is -2.34. The summed E-state index contributed by atoms with van der Waals surface area (Å²) >= 11 is 0. The molecule has 1 aromatic rings. The van der Waals surface area contributed by atoms with Gasteiger partial charge in [0.1, 0.15) is 5.56 Å². The average molecular weight is 262 g/mol. The van der Waals surface area contributed by atoms with Gasteiger partial charge in [-0.3, -0.25) is 4.98 Å². The highest BCUT2D eigenvalue weighted by atomic mass is 16.4. The van der Waals surface area contributed by atoms with Crippen LogP contribution < -0.4 is 4.90 Å². The normalized spacial score (nSPS) is 15.7. The first-order valence-corrected chi connectivity index (χ1v) is 7.02. The molecule has 104 valence electrons. The van der Waals surface area contributed by atoms with E-state index in [-0.39, 0.29) is 0 Å². The minimum atomic E-state index is -0.878. The molecule has 0 atom stereocenters. The zero-order chi connectivity index (χ0) is 14.0. The molecule has 4 nitrogen and oxygen atoms in total. The van der Waals surface area contributed by atoms with Crippen molar-refractivity contribution in [3.63, 3.8) is 0 Å². The van der Waals surface area contributed by atoms with Crippen molar-refractivity contribution in [2.24, 2.45) is 0 Å². The molecule has 2 rings (SSSR count). The molecule has 4 heteroatoms. The maximum atomic E-state index is 11.5. The molecule has 0 radical (unpaired) electrons. The maximum Gasteiger partial charge on any atom is 0.339 e. The molecule has 1 fully saturated rings. The molecule has 0 spiro atoms. The van der Waals surface area contributed by atoms with Crippen LogP contribution in [0.15, 0.2) is 6.07 Å². The van der Waals surface area contributed by atoms with Crippen LogP contribution in [-0.2, 0) is 0 Å². The number of carboxylic acids is 1. The molecule has 1 aliphatic carbocycles. The average Bonchev–Trinajstić information content (AvgIpc) is 2.82. The van der Waals surface area contributed by atoms with Crippen molar-refractivity contribution in [3.8, 4) is 0 Å². The van der Waals surface area contributed by atoms with Gasteiger partial charge in [-0.1, -0.05) is 12.8 Å². The summed E-state index contributed by atoms with van der Waals surface area (Å²) in [6.45, 7) is 6.63. The molecule has 0 aromatic carbocycles. The van der Waals surface area contributed by atoms with E-state index in [0.717, 1.165) is 30.8 Å². The quantitative estimate of drug-likeness (QED) is 0.905. The fourth-order valence-corrected chi connectivity index (χ4v) is 3.14. The second kappa shape index (κ2) is 5.59. The predicted molar refractivity (Wildman–Crippen MR) is 75.9 cm³/mol. The topological polar surface area (TPSA) is 53.4 Å². The van der Waals surface area contributed by atoms with E-state index in [4.69, 9.17) is 0 Å². The lowest BCUT2D eigenvalue weighted by molar-refractivity contribution is 0.0696. The predicted octanol–water partition coefficient (Wildman–Crippen LogP) is 3.17. The van der Waals surface area contributed by atoms with Crippen LogP contribution in [0.5, 0.6) is 0 Å². The standard InChI is InChI=1S/C15H22N2O2/c1-4-17(12-7-5-6-8-12)13-9-10(2)16-11(3)14(13)15(18)19/h9,12H,4-8H2,1-3H3,(H,18,19). The van der Waals surface area contributed by atoms with Crippen LogP contribution in [0.1, 0.15) is 54.4 Å². The second-order valence-corrected chi connectivity index (χ2v) is 5.27. The Morgan fingerprint density at radius 1 is 1.42 bits per heavy atom. The molecule has 0 saturated heterocycles. The number of aryl methyl sites for hydroxylation is 2. The minimum Gasteiger partial charge on any atom is -0.478 e. The number of rotatable bonds is 4. The summed E-state index contributed by atoms with van der Waals surface area (Å²) in [5.74, 6) is -0.878. The molecule has 0 aliphatic heterocycles. The number of nitrogens with zero attached hydrogens (tertiary/aromatic N) is 2. The molecule has 1 aromatic heterocycles. The first kappa shape index (κ1) is 13.8. The Labute approximate surface area is 114 Å². The molecular formula is C15H22N2O2. The summed E-state index contributed by atoms with van der Waals surface area (Å²) in [6.07, 6.45) is 4.81. The molecule has 0 unspecified atom stereocenters. The molecule has 0 bridgehead atoms. The first-order chi connectivity index (χ1) is 9.04. The van der Waals surface area contributed by atoms with Gasteiger partial charge in [0.05, 0.1) is 11.4 Å². The van der Waals surface area contributed by atoms with Crippen molar-refractivity contribution in [1.82, 2.24) is 4.98 Å². The van der Waals surface area contributed by atoms with Crippen LogP contribution >= 0.6 is 0 Å². The highest BCUT2D eigenvalue weighted by molar-refractivity contribution is 5.95. The Kier molecular flexibility index (Phi) is 4.08. The van der Waals surface area contributed by atoms with Crippen LogP contribution in [0, 0.1) is 13.8 Å². The van der Waals surface area contributed by atoms with E-state index in [2.05, 4.69) is 16.8 Å². The van der Waals surface area contributed by atoms with Crippen LogP contribution in [0.25, 0.3) is 0 Å². The van der Waals surface area contributed by atoms with E-state index in [9.17, 15) is 9.90 Å². The monoisotopic (exact) mass is 262 g/mol. The highest BCUT2D eigenvalue weighted by Crippen LogP contribution is 2.31. The van der Waals surface area contributed by atoms with E-state index in [1.807, 2.05) is 13.0 Å². The molecule has 19 heavy (non-hydrogen) atoms. The lowest BCUT2D eigenvalue weighted by atomic mass is 10.1. The van der Waals surface area contributed by atoms with Gasteiger partial charge in [-0.25, -0.2) is 4.79 Å². The van der Waals surface area contributed by atoms with Crippen LogP contribution in [0.3, 0.4) is 0 Å². The Bertz CT molecular complexity index is 479. The van der Waals surface area contributed by atoms with Crippen LogP contribution in [-0.4, -0.2) is 28.6 Å². The third-order valence-electron chi connectivity index (χ3n) is 3.94. The van der Waals surface area contributed by atoms with Gasteiger partial charge in [0.2, 0.25) is 0 Å². The van der Waals surface area contributed by atoms with E-state index < -0.39 is 5.97 Å². The molecule has 1 heterocycles. The highest BCUT2D eigenvalue weighted by Gasteiger charge is 2.26. The van der Waals surface area contributed by atoms with Gasteiger partial charge in [0.15, 0.2) is 0 Å². The minimum absolute atomic E-state index is 0.361. The first-order valence-electron chi connectivity index (χ1n) is 7.02. The van der Waals surface area contributed by atoms with E-state index in [1.165, 1.54) is 12.8 Å². The number of aromatic carboxylic acids is 1. The van der Waals surface area contributed by atoms with Gasteiger partial charge in [0, 0.05) is 18.3 Å². The third-order valence-corrected chi connectivity index (χ3v) is 3.94. The van der Waals surface area contributed by atoms with Gasteiger partial charge in [-0.05, 0) is 39.7 Å². The van der Waals surface area contributed by atoms with Gasteiger partial charge in [-0.15, -0.1) is 0 Å². The van der Waals surface area contributed by atoms with Gasteiger partial charge >= 0.3 is 5.97 Å². The summed E-state index contributed by atoms with van der Waals surface area (Å²) in [5.41, 5.74) is 2.69. The van der Waals surface area contributed by atoms with Crippen LogP contribution in [0.2, 0.25) is 0 Å². The smallest absolute Gasteiger partial charge is 0.339 e.